The molecule has 3 N–H and O–H groups in total. The molecule has 11 heteroatoms. The van der Waals surface area contributed by atoms with Crippen molar-refractivity contribution in [3.63, 3.8) is 0 Å². The molecule has 2 aromatic rings. The maximum atomic E-state index is 13.5. The van der Waals surface area contributed by atoms with Gasteiger partial charge in [-0.15, -0.1) is 0 Å². The zero-order valence-electron chi connectivity index (χ0n) is 21.9. The van der Waals surface area contributed by atoms with Crippen molar-refractivity contribution in [1.82, 2.24) is 15.0 Å². The number of likely N-dealkylation sites (N-methyl/N-ethyl adjacent to an activating group) is 1. The number of ether oxygens (including phenoxy) is 1. The molecule has 0 saturated heterocycles. The first kappa shape index (κ1) is 26.5. The van der Waals surface area contributed by atoms with Gasteiger partial charge in [-0.05, 0) is 51.8 Å². The predicted molar refractivity (Wildman–Crippen MR) is 137 cm³/mol. The van der Waals surface area contributed by atoms with Gasteiger partial charge < -0.3 is 34.8 Å². The van der Waals surface area contributed by atoms with E-state index in [1.807, 2.05) is 6.92 Å². The van der Waals surface area contributed by atoms with E-state index in [4.69, 9.17) is 9.26 Å². The number of hydrogen-bond donors (Lipinski definition) is 3. The van der Waals surface area contributed by atoms with E-state index in [9.17, 15) is 19.5 Å². The third-order valence-electron chi connectivity index (χ3n) is 6.95. The van der Waals surface area contributed by atoms with Crippen molar-refractivity contribution in [2.24, 2.45) is 11.8 Å². The molecule has 1 fully saturated rings. The fourth-order valence-corrected chi connectivity index (χ4v) is 4.32. The van der Waals surface area contributed by atoms with E-state index < -0.39 is 12.1 Å². The van der Waals surface area contributed by atoms with Gasteiger partial charge in [0.15, 0.2) is 5.76 Å². The first-order chi connectivity index (χ1) is 17.6. The molecule has 37 heavy (non-hydrogen) atoms. The van der Waals surface area contributed by atoms with E-state index >= 15 is 0 Å². The summed E-state index contributed by atoms with van der Waals surface area (Å²) in [4.78, 5) is 41.9. The van der Waals surface area contributed by atoms with E-state index in [1.54, 1.807) is 50.9 Å². The van der Waals surface area contributed by atoms with Crippen LogP contribution in [0.5, 0.6) is 5.75 Å². The Morgan fingerprint density at radius 2 is 2.00 bits per heavy atom. The second kappa shape index (κ2) is 10.8. The number of aryl methyl sites for hydroxylation is 2. The summed E-state index contributed by atoms with van der Waals surface area (Å²) < 4.78 is 11.5. The summed E-state index contributed by atoms with van der Waals surface area (Å²) in [6.07, 6.45) is 1.29. The van der Waals surface area contributed by atoms with Crippen LogP contribution in [0.4, 0.5) is 16.2 Å². The first-order valence-corrected chi connectivity index (χ1v) is 12.6. The Labute approximate surface area is 216 Å². The van der Waals surface area contributed by atoms with Crippen LogP contribution in [0.3, 0.4) is 0 Å². The highest BCUT2D eigenvalue weighted by Gasteiger charge is 2.35. The topological polar surface area (TPSA) is 137 Å². The summed E-state index contributed by atoms with van der Waals surface area (Å²) in [7, 11) is 1.67. The molecule has 4 rings (SSSR count). The fourth-order valence-electron chi connectivity index (χ4n) is 4.32. The number of amides is 4. The number of urea groups is 1. The number of nitrogens with one attached hydrogen (secondary N) is 2. The van der Waals surface area contributed by atoms with Crippen LogP contribution in [0, 0.1) is 25.7 Å². The van der Waals surface area contributed by atoms with Crippen LogP contribution in [-0.2, 0) is 4.79 Å². The van der Waals surface area contributed by atoms with Crippen molar-refractivity contribution in [2.45, 2.75) is 52.7 Å². The minimum Gasteiger partial charge on any atom is -0.487 e. The molecule has 1 aromatic heterocycles. The van der Waals surface area contributed by atoms with Crippen LogP contribution in [0.2, 0.25) is 0 Å². The number of carbonyl (C=O) groups is 3. The molecule has 11 nitrogen and oxygen atoms in total. The molecule has 1 saturated carbocycles. The molecule has 200 valence electrons. The minimum absolute atomic E-state index is 0.0252. The molecule has 0 bridgehead atoms. The van der Waals surface area contributed by atoms with Crippen molar-refractivity contribution in [3.8, 4) is 5.75 Å². The van der Waals surface area contributed by atoms with E-state index in [0.717, 1.165) is 12.8 Å². The van der Waals surface area contributed by atoms with Crippen LogP contribution < -0.4 is 15.4 Å². The summed E-state index contributed by atoms with van der Waals surface area (Å²) in [5.74, 6) is 0.402. The highest BCUT2D eigenvalue weighted by molar-refractivity contribution is 6.00. The van der Waals surface area contributed by atoms with Gasteiger partial charge >= 0.3 is 6.03 Å². The number of rotatable bonds is 7. The highest BCUT2D eigenvalue weighted by atomic mass is 16.5. The van der Waals surface area contributed by atoms with Gasteiger partial charge in [0, 0.05) is 31.1 Å². The average molecular weight is 514 g/mol. The number of nitrogens with zero attached hydrogens (tertiary/aromatic N) is 3. The standard InChI is InChI=1S/C26H35N5O6/c1-14-11-31(15(2)13-32)25(34)20-10-19(27-24(33)18-6-7-18)8-9-21(20)36-22(14)12-30(5)26(35)28-23-16(3)29-37-17(23)4/h8-10,14-15,18,22,32H,6-7,11-13H2,1-5H3,(H,27,33)(H,28,35)/t14-,15+,22+/m0/s1. The van der Waals surface area contributed by atoms with Crippen LogP contribution in [0.1, 0.15) is 48.5 Å². The van der Waals surface area contributed by atoms with Gasteiger partial charge in [-0.2, -0.15) is 0 Å². The Balaban J connectivity index is 1.57. The van der Waals surface area contributed by atoms with Gasteiger partial charge in [0.05, 0.1) is 24.8 Å². The van der Waals surface area contributed by atoms with Crippen LogP contribution >= 0.6 is 0 Å². The summed E-state index contributed by atoms with van der Waals surface area (Å²) in [5, 5.41) is 19.4. The molecule has 1 aliphatic heterocycles. The Kier molecular flexibility index (Phi) is 7.72. The van der Waals surface area contributed by atoms with E-state index in [2.05, 4.69) is 15.8 Å². The number of carbonyl (C=O) groups excluding carboxylic acids is 3. The third-order valence-corrected chi connectivity index (χ3v) is 6.95. The number of benzene rings is 1. The van der Waals surface area contributed by atoms with E-state index in [1.165, 1.54) is 4.90 Å². The van der Waals surface area contributed by atoms with Gasteiger partial charge in [0.1, 0.15) is 23.2 Å². The van der Waals surface area contributed by atoms with Crippen molar-refractivity contribution >= 4 is 29.2 Å². The second-order valence-corrected chi connectivity index (χ2v) is 10.1. The number of fused-ring (bicyclic) bond motifs is 1. The summed E-state index contributed by atoms with van der Waals surface area (Å²) in [5.41, 5.74) is 1.93. The quantitative estimate of drug-likeness (QED) is 0.517. The number of aromatic nitrogens is 1. The smallest absolute Gasteiger partial charge is 0.321 e. The Hall–Kier alpha value is -3.60. The zero-order chi connectivity index (χ0) is 26.9. The second-order valence-electron chi connectivity index (χ2n) is 10.1. The van der Waals surface area contributed by atoms with Crippen molar-refractivity contribution in [1.29, 1.82) is 0 Å². The molecule has 2 heterocycles. The molecule has 1 aliphatic carbocycles. The van der Waals surface area contributed by atoms with Gasteiger partial charge in [-0.3, -0.25) is 9.59 Å². The van der Waals surface area contributed by atoms with Crippen LogP contribution in [-0.4, -0.2) is 76.8 Å². The summed E-state index contributed by atoms with van der Waals surface area (Å²) in [6, 6.07) is 4.24. The van der Waals surface area contributed by atoms with E-state index in [0.29, 0.717) is 40.7 Å². The normalized spacial score (nSPS) is 20.3. The summed E-state index contributed by atoms with van der Waals surface area (Å²) in [6.45, 7) is 7.57. The first-order valence-electron chi connectivity index (χ1n) is 12.6. The average Bonchev–Trinajstić information content (AvgIpc) is 3.68. The third kappa shape index (κ3) is 5.87. The highest BCUT2D eigenvalue weighted by Crippen LogP contribution is 2.33. The fraction of sp³-hybridized carbons (Fsp3) is 0.538. The number of aliphatic hydroxyl groups excluding tert-OH is 1. The number of anilines is 2. The lowest BCUT2D eigenvalue weighted by atomic mass is 9.99. The lowest BCUT2D eigenvalue weighted by Crippen LogP contribution is -2.50. The number of aliphatic hydroxyl groups is 1. The van der Waals surface area contributed by atoms with Crippen LogP contribution in [0.25, 0.3) is 0 Å². The SMILES string of the molecule is Cc1noc(C)c1NC(=O)N(C)C[C@H]1Oc2ccc(NC(=O)C3CC3)cc2C(=O)N([C@H](C)CO)C[C@@H]1C. The van der Waals surface area contributed by atoms with Crippen molar-refractivity contribution < 1.29 is 28.8 Å². The zero-order valence-corrected chi connectivity index (χ0v) is 21.9. The maximum Gasteiger partial charge on any atom is 0.321 e. The Bertz CT molecular complexity index is 1160. The lowest BCUT2D eigenvalue weighted by molar-refractivity contribution is -0.117. The number of hydrogen-bond acceptors (Lipinski definition) is 7. The largest absolute Gasteiger partial charge is 0.487 e. The molecule has 0 unspecified atom stereocenters. The molecule has 4 amide bonds. The van der Waals surface area contributed by atoms with Gasteiger partial charge in [0.2, 0.25) is 5.91 Å². The van der Waals surface area contributed by atoms with Gasteiger partial charge in [-0.25, -0.2) is 4.79 Å². The minimum atomic E-state index is -0.451. The maximum absolute atomic E-state index is 13.5. The van der Waals surface area contributed by atoms with Crippen LogP contribution in [0.15, 0.2) is 22.7 Å². The lowest BCUT2D eigenvalue weighted by Gasteiger charge is -2.38. The molecular weight excluding hydrogens is 478 g/mol. The predicted octanol–water partition coefficient (Wildman–Crippen LogP) is 3.02. The molecule has 0 radical (unpaired) electrons. The monoisotopic (exact) mass is 513 g/mol. The van der Waals surface area contributed by atoms with Crippen molar-refractivity contribution in [3.05, 3.63) is 35.2 Å². The Morgan fingerprint density at radius 1 is 1.27 bits per heavy atom. The molecular formula is C26H35N5O6. The molecule has 1 aromatic carbocycles. The molecule has 0 spiro atoms. The van der Waals surface area contributed by atoms with Gasteiger partial charge in [0.25, 0.3) is 5.91 Å². The van der Waals surface area contributed by atoms with Crippen molar-refractivity contribution in [2.75, 3.05) is 37.4 Å². The van der Waals surface area contributed by atoms with Gasteiger partial charge in [-0.1, -0.05) is 12.1 Å². The Morgan fingerprint density at radius 3 is 2.62 bits per heavy atom. The summed E-state index contributed by atoms with van der Waals surface area (Å²) >= 11 is 0. The van der Waals surface area contributed by atoms with E-state index in [-0.39, 0.29) is 42.8 Å². The molecule has 2 aliphatic rings. The molecule has 3 atom stereocenters.